The first-order valence-electron chi connectivity index (χ1n) is 10.1. The molecule has 7 nitrogen and oxygen atoms in total. The third kappa shape index (κ3) is 8.57. The molecule has 0 bridgehead atoms. The number of alkyl carbamates (subject to hydrolysis) is 1. The number of nitrogens with one attached hydrogen (secondary N) is 2. The minimum atomic E-state index is -0.595. The zero-order chi connectivity index (χ0) is 22.1. The van der Waals surface area contributed by atoms with E-state index < -0.39 is 11.7 Å². The second kappa shape index (κ2) is 11.2. The number of hydrogen-bond donors (Lipinski definition) is 2. The van der Waals surface area contributed by atoms with Crippen molar-refractivity contribution in [2.45, 2.75) is 39.2 Å². The van der Waals surface area contributed by atoms with E-state index >= 15 is 0 Å². The maximum absolute atomic E-state index is 12.3. The Morgan fingerprint density at radius 2 is 1.83 bits per heavy atom. The Morgan fingerprint density at radius 3 is 2.47 bits per heavy atom. The molecule has 1 saturated heterocycles. The van der Waals surface area contributed by atoms with Gasteiger partial charge in [0.15, 0.2) is 0 Å². The zero-order valence-electron chi connectivity index (χ0n) is 17.7. The molecule has 1 aromatic rings. The van der Waals surface area contributed by atoms with Gasteiger partial charge in [-0.2, -0.15) is 0 Å². The molecule has 1 aliphatic rings. The quantitative estimate of drug-likeness (QED) is 0.612. The largest absolute Gasteiger partial charge is 0.444 e. The smallest absolute Gasteiger partial charge is 0.408 e. The third-order valence-corrected chi connectivity index (χ3v) is 5.36. The Kier molecular flexibility index (Phi) is 8.89. The van der Waals surface area contributed by atoms with Crippen molar-refractivity contribution < 1.29 is 19.1 Å². The predicted molar refractivity (Wildman–Crippen MR) is 120 cm³/mol. The zero-order valence-corrected chi connectivity index (χ0v) is 19.3. The van der Waals surface area contributed by atoms with Gasteiger partial charge in [0.2, 0.25) is 11.8 Å². The van der Waals surface area contributed by atoms with Crippen molar-refractivity contribution in [2.24, 2.45) is 5.92 Å². The van der Waals surface area contributed by atoms with E-state index in [9.17, 15) is 14.4 Å². The topological polar surface area (TPSA) is 87.7 Å². The summed E-state index contributed by atoms with van der Waals surface area (Å²) >= 11 is 3.45. The highest BCUT2D eigenvalue weighted by atomic mass is 79.9. The van der Waals surface area contributed by atoms with Crippen LogP contribution < -0.4 is 10.6 Å². The minimum absolute atomic E-state index is 0.0733. The van der Waals surface area contributed by atoms with Crippen molar-refractivity contribution in [2.75, 3.05) is 26.2 Å². The lowest BCUT2D eigenvalue weighted by molar-refractivity contribution is -0.131. The molecule has 30 heavy (non-hydrogen) atoms. The fourth-order valence-corrected chi connectivity index (χ4v) is 3.46. The average molecular weight is 480 g/mol. The van der Waals surface area contributed by atoms with Gasteiger partial charge in [0.25, 0.3) is 0 Å². The van der Waals surface area contributed by atoms with Crippen LogP contribution in [0.1, 0.15) is 39.2 Å². The van der Waals surface area contributed by atoms with Crippen LogP contribution >= 0.6 is 15.9 Å². The van der Waals surface area contributed by atoms with Crippen LogP contribution in [-0.4, -0.2) is 54.6 Å². The number of nitrogens with zero attached hydrogens (tertiary/aromatic N) is 1. The first-order chi connectivity index (χ1) is 14.1. The summed E-state index contributed by atoms with van der Waals surface area (Å²) in [6.45, 7) is 7.05. The van der Waals surface area contributed by atoms with E-state index in [0.717, 1.165) is 22.9 Å². The number of carbonyl (C=O) groups is 3. The van der Waals surface area contributed by atoms with Crippen LogP contribution in [0.15, 0.2) is 34.8 Å². The summed E-state index contributed by atoms with van der Waals surface area (Å²) in [7, 11) is 0. The fraction of sp³-hybridized carbons (Fsp3) is 0.500. The standard InChI is InChI=1S/C22H30BrN3O4/c1-22(2,3)30-21(29)25-15-20(28)26-12-10-16(11-13-26)14-24-19(27)9-8-17-6-4-5-7-18(17)23/h4-9,16H,10-15H2,1-3H3,(H,24,27)(H,25,29)/b9-8+. The van der Waals surface area contributed by atoms with Crippen LogP contribution in [0.4, 0.5) is 4.79 Å². The maximum atomic E-state index is 12.3. The lowest BCUT2D eigenvalue weighted by Crippen LogP contribution is -2.46. The first kappa shape index (κ1) is 23.9. The summed E-state index contributed by atoms with van der Waals surface area (Å²) in [6.07, 6.45) is 4.34. The highest BCUT2D eigenvalue weighted by molar-refractivity contribution is 9.10. The third-order valence-electron chi connectivity index (χ3n) is 4.63. The number of halogens is 1. The van der Waals surface area contributed by atoms with Crippen LogP contribution in [0.3, 0.4) is 0 Å². The molecule has 3 amide bonds. The minimum Gasteiger partial charge on any atom is -0.444 e. The summed E-state index contributed by atoms with van der Waals surface area (Å²) in [6, 6.07) is 7.70. The Labute approximate surface area is 186 Å². The van der Waals surface area contributed by atoms with Gasteiger partial charge in [-0.3, -0.25) is 9.59 Å². The second-order valence-electron chi connectivity index (χ2n) is 8.28. The highest BCUT2D eigenvalue weighted by Crippen LogP contribution is 2.18. The van der Waals surface area contributed by atoms with Gasteiger partial charge in [-0.1, -0.05) is 34.1 Å². The number of rotatable bonds is 6. The molecular weight excluding hydrogens is 450 g/mol. The van der Waals surface area contributed by atoms with Gasteiger partial charge >= 0.3 is 6.09 Å². The normalized spacial score (nSPS) is 15.1. The van der Waals surface area contributed by atoms with E-state index in [-0.39, 0.29) is 18.4 Å². The molecule has 1 aromatic carbocycles. The highest BCUT2D eigenvalue weighted by Gasteiger charge is 2.24. The van der Waals surface area contributed by atoms with Gasteiger partial charge in [-0.15, -0.1) is 0 Å². The van der Waals surface area contributed by atoms with Crippen molar-refractivity contribution in [1.29, 1.82) is 0 Å². The summed E-state index contributed by atoms with van der Waals surface area (Å²) in [4.78, 5) is 37.7. The molecule has 0 spiro atoms. The van der Waals surface area contributed by atoms with Gasteiger partial charge < -0.3 is 20.3 Å². The molecule has 164 valence electrons. The maximum Gasteiger partial charge on any atom is 0.408 e. The predicted octanol–water partition coefficient (Wildman–Crippen LogP) is 3.34. The van der Waals surface area contributed by atoms with Crippen LogP contribution in [0.2, 0.25) is 0 Å². The van der Waals surface area contributed by atoms with Crippen molar-refractivity contribution >= 4 is 39.9 Å². The van der Waals surface area contributed by atoms with Crippen LogP contribution in [0.5, 0.6) is 0 Å². The Morgan fingerprint density at radius 1 is 1.17 bits per heavy atom. The van der Waals surface area contributed by atoms with E-state index in [4.69, 9.17) is 4.74 Å². The Hall–Kier alpha value is -2.35. The van der Waals surface area contributed by atoms with E-state index in [1.165, 1.54) is 6.08 Å². The number of ether oxygens (including phenoxy) is 1. The van der Waals surface area contributed by atoms with E-state index in [1.54, 1.807) is 31.7 Å². The van der Waals surface area contributed by atoms with E-state index in [2.05, 4.69) is 26.6 Å². The van der Waals surface area contributed by atoms with E-state index in [1.807, 2.05) is 24.3 Å². The van der Waals surface area contributed by atoms with E-state index in [0.29, 0.717) is 25.6 Å². The lowest BCUT2D eigenvalue weighted by Gasteiger charge is -2.32. The van der Waals surface area contributed by atoms with Crippen LogP contribution in [-0.2, 0) is 14.3 Å². The molecule has 0 aromatic heterocycles. The monoisotopic (exact) mass is 479 g/mol. The summed E-state index contributed by atoms with van der Waals surface area (Å²) in [5, 5.41) is 5.43. The number of likely N-dealkylation sites (tertiary alicyclic amines) is 1. The average Bonchev–Trinajstić information content (AvgIpc) is 2.69. The molecule has 0 saturated carbocycles. The molecule has 1 fully saturated rings. The summed E-state index contributed by atoms with van der Waals surface area (Å²) in [5.41, 5.74) is 0.349. The van der Waals surface area contributed by atoms with Gasteiger partial charge in [-0.25, -0.2) is 4.79 Å². The number of piperidine rings is 1. The summed E-state index contributed by atoms with van der Waals surface area (Å²) < 4.78 is 6.07. The summed E-state index contributed by atoms with van der Waals surface area (Å²) in [5.74, 6) is 0.0687. The van der Waals surface area contributed by atoms with Gasteiger partial charge in [0.05, 0.1) is 0 Å². The number of hydrogen-bond acceptors (Lipinski definition) is 4. The Balaban J connectivity index is 1.66. The Bertz CT molecular complexity index is 781. The molecule has 2 rings (SSSR count). The number of carbonyl (C=O) groups excluding carboxylic acids is 3. The molecular formula is C22H30BrN3O4. The molecule has 1 heterocycles. The van der Waals surface area contributed by atoms with Gasteiger partial charge in [0, 0.05) is 30.2 Å². The molecule has 2 N–H and O–H groups in total. The van der Waals surface area contributed by atoms with Crippen LogP contribution in [0, 0.1) is 5.92 Å². The van der Waals surface area contributed by atoms with Crippen molar-refractivity contribution in [1.82, 2.24) is 15.5 Å². The van der Waals surface area contributed by atoms with Crippen molar-refractivity contribution in [3.63, 3.8) is 0 Å². The molecule has 8 heteroatoms. The number of amides is 3. The van der Waals surface area contributed by atoms with Crippen molar-refractivity contribution in [3.8, 4) is 0 Å². The first-order valence-corrected chi connectivity index (χ1v) is 10.9. The number of benzene rings is 1. The molecule has 0 unspecified atom stereocenters. The van der Waals surface area contributed by atoms with Crippen LogP contribution in [0.25, 0.3) is 6.08 Å². The second-order valence-corrected chi connectivity index (χ2v) is 9.13. The molecule has 0 aliphatic carbocycles. The molecule has 0 radical (unpaired) electrons. The van der Waals surface area contributed by atoms with Gasteiger partial charge in [0.1, 0.15) is 12.1 Å². The molecule has 1 aliphatic heterocycles. The lowest BCUT2D eigenvalue weighted by atomic mass is 9.96. The van der Waals surface area contributed by atoms with Gasteiger partial charge in [-0.05, 0) is 57.2 Å². The SMILES string of the molecule is CC(C)(C)OC(=O)NCC(=O)N1CCC(CNC(=O)/C=C/c2ccccc2Br)CC1. The fourth-order valence-electron chi connectivity index (χ4n) is 3.04. The molecule has 0 atom stereocenters. The van der Waals surface area contributed by atoms with Crippen molar-refractivity contribution in [3.05, 3.63) is 40.4 Å².